The predicted molar refractivity (Wildman–Crippen MR) is 145 cm³/mol. The number of nitrogens with zero attached hydrogens (tertiary/aromatic N) is 4. The lowest BCUT2D eigenvalue weighted by molar-refractivity contribution is -0.137. The van der Waals surface area contributed by atoms with Gasteiger partial charge in [-0.05, 0) is 74.7 Å². The van der Waals surface area contributed by atoms with Crippen molar-refractivity contribution in [3.05, 3.63) is 76.0 Å². The van der Waals surface area contributed by atoms with Crippen molar-refractivity contribution < 1.29 is 18.0 Å². The molecule has 5 rings (SSSR count). The second-order valence-corrected chi connectivity index (χ2v) is 10.6. The molecule has 4 heterocycles. The highest BCUT2D eigenvalue weighted by Crippen LogP contribution is 2.37. The van der Waals surface area contributed by atoms with Crippen molar-refractivity contribution in [1.82, 2.24) is 14.9 Å². The number of carbonyl (C=O) groups is 1. The fourth-order valence-electron chi connectivity index (χ4n) is 4.99. The zero-order valence-electron chi connectivity index (χ0n) is 21.0. The highest BCUT2D eigenvalue weighted by atomic mass is 32.1. The maximum absolute atomic E-state index is 13.4. The number of pyridine rings is 1. The molecule has 0 bridgehead atoms. The number of likely N-dealkylation sites (tertiary alicyclic amines) is 1. The van der Waals surface area contributed by atoms with E-state index in [-0.39, 0.29) is 17.3 Å². The Hall–Kier alpha value is -3.24. The Balaban J connectivity index is 1.20. The largest absolute Gasteiger partial charge is 0.416 e. The van der Waals surface area contributed by atoms with E-state index in [0.29, 0.717) is 5.69 Å². The van der Waals surface area contributed by atoms with E-state index in [4.69, 9.17) is 0 Å². The van der Waals surface area contributed by atoms with E-state index in [2.05, 4.69) is 32.3 Å². The minimum Gasteiger partial charge on any atom is -0.370 e. The molecule has 200 valence electrons. The minimum atomic E-state index is -4.49. The molecule has 0 spiro atoms. The third-order valence-corrected chi connectivity index (χ3v) is 8.10. The molecule has 6 nitrogen and oxygen atoms in total. The number of hydrogen-bond acceptors (Lipinski definition) is 6. The summed E-state index contributed by atoms with van der Waals surface area (Å²) in [6.07, 6.45) is 7.17. The second-order valence-electron chi connectivity index (χ2n) is 9.71. The molecule has 0 unspecified atom stereocenters. The Morgan fingerprint density at radius 3 is 2.53 bits per heavy atom. The van der Waals surface area contributed by atoms with Crippen molar-refractivity contribution in [2.45, 2.75) is 37.8 Å². The van der Waals surface area contributed by atoms with E-state index >= 15 is 0 Å². The molecule has 3 aromatic rings. The molecule has 0 saturated carbocycles. The molecule has 1 N–H and O–H groups in total. The molecule has 10 heteroatoms. The van der Waals surface area contributed by atoms with E-state index in [1.807, 2.05) is 17.0 Å². The molecule has 0 aliphatic carbocycles. The van der Waals surface area contributed by atoms with Crippen molar-refractivity contribution in [2.75, 3.05) is 42.9 Å². The first kappa shape index (κ1) is 26.4. The Bertz CT molecular complexity index is 1260. The average molecular weight is 542 g/mol. The second kappa shape index (κ2) is 11.7. The van der Waals surface area contributed by atoms with Crippen LogP contribution in [0.5, 0.6) is 0 Å². The van der Waals surface area contributed by atoms with Crippen LogP contribution in [0.4, 0.5) is 24.5 Å². The van der Waals surface area contributed by atoms with Crippen LogP contribution in [-0.2, 0) is 6.18 Å². The third kappa shape index (κ3) is 6.42. The number of piperidine rings is 1. The number of aromatic nitrogens is 2. The van der Waals surface area contributed by atoms with Crippen LogP contribution in [0.25, 0.3) is 6.08 Å². The molecule has 2 aliphatic heterocycles. The molecule has 2 saturated heterocycles. The first-order chi connectivity index (χ1) is 18.4. The number of hydrogen-bond donors (Lipinski definition) is 1. The molecule has 1 aromatic carbocycles. The number of benzene rings is 1. The summed E-state index contributed by atoms with van der Waals surface area (Å²) in [4.78, 5) is 26.1. The van der Waals surface area contributed by atoms with Crippen LogP contribution in [0, 0.1) is 0 Å². The summed E-state index contributed by atoms with van der Waals surface area (Å²) in [5, 5.41) is 5.33. The van der Waals surface area contributed by atoms with Crippen LogP contribution in [0.1, 0.15) is 58.2 Å². The fourth-order valence-corrected chi connectivity index (χ4v) is 5.96. The first-order valence-corrected chi connectivity index (χ1v) is 13.8. The number of anilines is 2. The predicted octanol–water partition coefficient (Wildman–Crippen LogP) is 6.30. The van der Waals surface area contributed by atoms with Gasteiger partial charge in [-0.1, -0.05) is 12.2 Å². The molecule has 2 fully saturated rings. The van der Waals surface area contributed by atoms with Crippen LogP contribution in [0.3, 0.4) is 0 Å². The first-order valence-electron chi connectivity index (χ1n) is 12.9. The van der Waals surface area contributed by atoms with Crippen LogP contribution in [-0.4, -0.2) is 53.5 Å². The smallest absolute Gasteiger partial charge is 0.370 e. The van der Waals surface area contributed by atoms with Crippen LogP contribution < -0.4 is 10.2 Å². The van der Waals surface area contributed by atoms with Crippen molar-refractivity contribution in [3.63, 3.8) is 0 Å². The highest BCUT2D eigenvalue weighted by Gasteiger charge is 2.32. The number of rotatable bonds is 7. The van der Waals surface area contributed by atoms with Gasteiger partial charge in [0, 0.05) is 43.3 Å². The number of amides is 1. The third-order valence-electron chi connectivity index (χ3n) is 7.09. The van der Waals surface area contributed by atoms with Crippen LogP contribution in [0.15, 0.2) is 54.2 Å². The monoisotopic (exact) mass is 541 g/mol. The molecular formula is C28H30F3N5OS. The number of nitrogens with one attached hydrogen (secondary N) is 1. The Labute approximate surface area is 224 Å². The number of halogens is 3. The van der Waals surface area contributed by atoms with Crippen molar-refractivity contribution in [1.29, 1.82) is 0 Å². The van der Waals surface area contributed by atoms with Crippen LogP contribution >= 0.6 is 11.3 Å². The maximum Gasteiger partial charge on any atom is 0.416 e. The van der Waals surface area contributed by atoms with E-state index in [1.54, 1.807) is 17.8 Å². The zero-order chi connectivity index (χ0) is 26.5. The van der Waals surface area contributed by atoms with Gasteiger partial charge in [-0.15, -0.1) is 11.3 Å². The maximum atomic E-state index is 13.4. The summed E-state index contributed by atoms with van der Waals surface area (Å²) in [6.45, 7) is 4.27. The van der Waals surface area contributed by atoms with Gasteiger partial charge in [-0.3, -0.25) is 14.7 Å². The minimum absolute atomic E-state index is 0.175. The molecule has 38 heavy (non-hydrogen) atoms. The van der Waals surface area contributed by atoms with E-state index < -0.39 is 17.6 Å². The van der Waals surface area contributed by atoms with Gasteiger partial charge in [-0.25, -0.2) is 4.98 Å². The van der Waals surface area contributed by atoms with Gasteiger partial charge >= 0.3 is 6.18 Å². The van der Waals surface area contributed by atoms with Crippen molar-refractivity contribution in [2.24, 2.45) is 0 Å². The topological polar surface area (TPSA) is 61.4 Å². The summed E-state index contributed by atoms with van der Waals surface area (Å²) in [6, 6.07) is 7.50. The lowest BCUT2D eigenvalue weighted by Gasteiger charge is -2.30. The van der Waals surface area contributed by atoms with Gasteiger partial charge in [0.1, 0.15) is 5.69 Å². The highest BCUT2D eigenvalue weighted by molar-refractivity contribution is 7.10. The quantitative estimate of drug-likeness (QED) is 0.380. The summed E-state index contributed by atoms with van der Waals surface area (Å²) in [7, 11) is 0. The molecular weight excluding hydrogens is 511 g/mol. The summed E-state index contributed by atoms with van der Waals surface area (Å²) in [5.41, 5.74) is 1.38. The molecule has 0 atom stereocenters. The molecule has 2 aliphatic rings. The van der Waals surface area contributed by atoms with Gasteiger partial charge in [0.15, 0.2) is 0 Å². The van der Waals surface area contributed by atoms with Crippen LogP contribution in [0.2, 0.25) is 0 Å². The Morgan fingerprint density at radius 1 is 1.08 bits per heavy atom. The van der Waals surface area contributed by atoms with Crippen molar-refractivity contribution >= 4 is 34.7 Å². The lowest BCUT2D eigenvalue weighted by Crippen LogP contribution is -2.33. The summed E-state index contributed by atoms with van der Waals surface area (Å²) >= 11 is 1.45. The van der Waals surface area contributed by atoms with Gasteiger partial charge < -0.3 is 10.2 Å². The molecule has 0 radical (unpaired) electrons. The summed E-state index contributed by atoms with van der Waals surface area (Å²) in [5.74, 6) is -0.207. The number of thiazole rings is 1. The average Bonchev–Trinajstić information content (AvgIpc) is 3.62. The summed E-state index contributed by atoms with van der Waals surface area (Å²) < 4.78 is 40.1. The standard InChI is InChI=1S/C28H30F3N5OS/c29-28(30,31)22-5-6-25(36-14-1-2-15-36)23(18-22)33-26(37)24-19-38-27(34-24)21-9-16-35(17-10-21)13-3-4-20-7-11-32-12-8-20/h3-8,11-12,18-19,21H,1-2,9-10,13-17H2,(H,33,37)/b4-3-. The number of carbonyl (C=O) groups excluding carboxylic acids is 1. The van der Waals surface area contributed by atoms with E-state index in [0.717, 1.165) is 81.1 Å². The van der Waals surface area contributed by atoms with Gasteiger partial charge in [-0.2, -0.15) is 13.2 Å². The van der Waals surface area contributed by atoms with Gasteiger partial charge in [0.2, 0.25) is 0 Å². The lowest BCUT2D eigenvalue weighted by atomic mass is 9.97. The number of alkyl halides is 3. The van der Waals surface area contributed by atoms with E-state index in [9.17, 15) is 18.0 Å². The Kier molecular flexibility index (Phi) is 8.09. The fraction of sp³-hybridized carbons (Fsp3) is 0.393. The molecule has 2 aromatic heterocycles. The molecule has 1 amide bonds. The zero-order valence-corrected chi connectivity index (χ0v) is 21.8. The van der Waals surface area contributed by atoms with Crippen molar-refractivity contribution in [3.8, 4) is 0 Å². The van der Waals surface area contributed by atoms with E-state index in [1.165, 1.54) is 17.4 Å². The van der Waals surface area contributed by atoms with Gasteiger partial charge in [0.25, 0.3) is 5.91 Å². The normalized spacial score (nSPS) is 17.4. The SMILES string of the molecule is O=C(Nc1cc(C(F)(F)F)ccc1N1CCCC1)c1csc(C2CCN(C/C=C\c3ccncc3)CC2)n1. The Morgan fingerprint density at radius 2 is 1.82 bits per heavy atom. The van der Waals surface area contributed by atoms with Gasteiger partial charge in [0.05, 0.1) is 21.9 Å².